The van der Waals surface area contributed by atoms with Crippen LogP contribution in [0.5, 0.6) is 0 Å². The lowest BCUT2D eigenvalue weighted by molar-refractivity contribution is -0.138. The average molecular weight is 240 g/mol. The zero-order chi connectivity index (χ0) is 13.5. The molecule has 0 heterocycles. The second-order valence-corrected chi connectivity index (χ2v) is 5.03. The molecule has 0 saturated heterocycles. The normalized spacial score (nSPS) is 12.4. The van der Waals surface area contributed by atoms with Gasteiger partial charge in [0.2, 0.25) is 0 Å². The Labute approximate surface area is 104 Å². The van der Waals surface area contributed by atoms with Gasteiger partial charge < -0.3 is 4.74 Å². The van der Waals surface area contributed by atoms with Crippen molar-refractivity contribution in [2.45, 2.75) is 53.9 Å². The lowest BCUT2D eigenvalue weighted by atomic mass is 9.87. The second kappa shape index (κ2) is 7.25. The topological polar surface area (TPSA) is 43.4 Å². The third kappa shape index (κ3) is 6.25. The van der Waals surface area contributed by atoms with E-state index in [0.29, 0.717) is 25.0 Å². The Morgan fingerprint density at radius 2 is 1.71 bits per heavy atom. The molecule has 3 nitrogen and oxygen atoms in total. The number of hydrogen-bond donors (Lipinski definition) is 0. The number of carbonyl (C=O) groups excluding carboxylic acids is 2. The van der Waals surface area contributed by atoms with Crippen LogP contribution >= 0.6 is 0 Å². The largest absolute Gasteiger partial charge is 0.463 e. The van der Waals surface area contributed by atoms with Crippen LogP contribution in [-0.4, -0.2) is 18.4 Å². The first-order chi connectivity index (χ1) is 7.82. The molecule has 0 aliphatic rings. The van der Waals surface area contributed by atoms with E-state index in [1.165, 1.54) is 0 Å². The molecule has 0 atom stereocenters. The smallest absolute Gasteiger partial charge is 0.333 e. The van der Waals surface area contributed by atoms with Crippen LogP contribution in [0.4, 0.5) is 0 Å². The molecule has 0 fully saturated rings. The van der Waals surface area contributed by atoms with Gasteiger partial charge >= 0.3 is 5.97 Å². The van der Waals surface area contributed by atoms with Gasteiger partial charge in [-0.2, -0.15) is 0 Å². The number of ether oxygens (including phenoxy) is 1. The average Bonchev–Trinajstić information content (AvgIpc) is 2.22. The SMILES string of the molecule is CC/C=C(/CCC(=O)C(C)(C)C)C(=O)OCC. The van der Waals surface area contributed by atoms with Gasteiger partial charge in [-0.05, 0) is 19.8 Å². The Balaban J connectivity index is 4.44. The Kier molecular flexibility index (Phi) is 6.78. The van der Waals surface area contributed by atoms with E-state index in [1.54, 1.807) is 6.92 Å². The number of carbonyl (C=O) groups is 2. The lowest BCUT2D eigenvalue weighted by Crippen LogP contribution is -2.20. The molecule has 0 saturated carbocycles. The molecule has 0 aliphatic carbocycles. The van der Waals surface area contributed by atoms with Crippen molar-refractivity contribution in [3.8, 4) is 0 Å². The first kappa shape index (κ1) is 15.9. The molecule has 0 unspecified atom stereocenters. The van der Waals surface area contributed by atoms with Gasteiger partial charge in [-0.15, -0.1) is 0 Å². The predicted molar refractivity (Wildman–Crippen MR) is 68.7 cm³/mol. The molecule has 0 amide bonds. The molecule has 0 spiro atoms. The quantitative estimate of drug-likeness (QED) is 0.528. The monoisotopic (exact) mass is 240 g/mol. The van der Waals surface area contributed by atoms with Gasteiger partial charge in [0.05, 0.1) is 6.61 Å². The fraction of sp³-hybridized carbons (Fsp3) is 0.714. The van der Waals surface area contributed by atoms with Crippen molar-refractivity contribution in [1.82, 2.24) is 0 Å². The van der Waals surface area contributed by atoms with Crippen LogP contribution in [0.2, 0.25) is 0 Å². The molecule has 0 aromatic carbocycles. The van der Waals surface area contributed by atoms with Gasteiger partial charge in [-0.3, -0.25) is 4.79 Å². The second-order valence-electron chi connectivity index (χ2n) is 5.03. The van der Waals surface area contributed by atoms with Crippen molar-refractivity contribution in [1.29, 1.82) is 0 Å². The van der Waals surface area contributed by atoms with Crippen LogP contribution in [0.15, 0.2) is 11.6 Å². The maximum Gasteiger partial charge on any atom is 0.333 e. The summed E-state index contributed by atoms with van der Waals surface area (Å²) in [6.45, 7) is 9.79. The summed E-state index contributed by atoms with van der Waals surface area (Å²) in [4.78, 5) is 23.4. The molecule has 0 aliphatic heterocycles. The third-order valence-corrected chi connectivity index (χ3v) is 2.45. The zero-order valence-corrected chi connectivity index (χ0v) is 11.6. The highest BCUT2D eigenvalue weighted by atomic mass is 16.5. The molecule has 0 N–H and O–H groups in total. The van der Waals surface area contributed by atoms with Crippen LogP contribution in [0.1, 0.15) is 53.9 Å². The molecular formula is C14H24O3. The summed E-state index contributed by atoms with van der Waals surface area (Å²) in [5.41, 5.74) is 0.276. The Bertz CT molecular complexity index is 295. The fourth-order valence-corrected chi connectivity index (χ4v) is 1.38. The molecule has 0 bridgehead atoms. The molecule has 17 heavy (non-hydrogen) atoms. The molecule has 0 aromatic heterocycles. The van der Waals surface area contributed by atoms with Crippen LogP contribution in [0.3, 0.4) is 0 Å². The maximum atomic E-state index is 11.8. The molecule has 0 aromatic rings. The standard InChI is InChI=1S/C14H24O3/c1-6-8-11(13(16)17-7-2)9-10-12(15)14(3,4)5/h8H,6-7,9-10H2,1-5H3/b11-8-. The van der Waals surface area contributed by atoms with Gasteiger partial charge in [0.15, 0.2) is 0 Å². The van der Waals surface area contributed by atoms with Crippen molar-refractivity contribution >= 4 is 11.8 Å². The first-order valence-corrected chi connectivity index (χ1v) is 6.22. The fourth-order valence-electron chi connectivity index (χ4n) is 1.38. The van der Waals surface area contributed by atoms with E-state index in [0.717, 1.165) is 6.42 Å². The van der Waals surface area contributed by atoms with E-state index >= 15 is 0 Å². The summed E-state index contributed by atoms with van der Waals surface area (Å²) in [5, 5.41) is 0. The van der Waals surface area contributed by atoms with Crippen LogP contribution in [0, 0.1) is 5.41 Å². The molecule has 0 rings (SSSR count). The van der Waals surface area contributed by atoms with Gasteiger partial charge in [0.1, 0.15) is 5.78 Å². The minimum absolute atomic E-state index is 0.170. The summed E-state index contributed by atoms with van der Waals surface area (Å²) < 4.78 is 4.96. The van der Waals surface area contributed by atoms with Gasteiger partial charge in [-0.25, -0.2) is 4.79 Å². The summed E-state index contributed by atoms with van der Waals surface area (Å²) >= 11 is 0. The van der Waals surface area contributed by atoms with Crippen molar-refractivity contribution in [3.63, 3.8) is 0 Å². The highest BCUT2D eigenvalue weighted by molar-refractivity contribution is 5.90. The van der Waals surface area contributed by atoms with Crippen LogP contribution < -0.4 is 0 Å². The zero-order valence-electron chi connectivity index (χ0n) is 11.6. The number of allylic oxidation sites excluding steroid dienone is 1. The van der Waals surface area contributed by atoms with Crippen molar-refractivity contribution < 1.29 is 14.3 Å². The maximum absolute atomic E-state index is 11.8. The van der Waals surface area contributed by atoms with E-state index < -0.39 is 0 Å². The lowest BCUT2D eigenvalue weighted by Gasteiger charge is -2.16. The molecule has 98 valence electrons. The van der Waals surface area contributed by atoms with E-state index in [1.807, 2.05) is 33.8 Å². The van der Waals surface area contributed by atoms with Crippen LogP contribution in [-0.2, 0) is 14.3 Å². The summed E-state index contributed by atoms with van der Waals surface area (Å²) in [6, 6.07) is 0. The molecule has 3 heteroatoms. The highest BCUT2D eigenvalue weighted by Crippen LogP contribution is 2.20. The number of ketones is 1. The van der Waals surface area contributed by atoms with Crippen molar-refractivity contribution in [3.05, 3.63) is 11.6 Å². The Hall–Kier alpha value is -1.12. The van der Waals surface area contributed by atoms with Crippen LogP contribution in [0.25, 0.3) is 0 Å². The minimum Gasteiger partial charge on any atom is -0.463 e. The summed E-state index contributed by atoms with van der Waals surface area (Å²) in [6.07, 6.45) is 3.49. The number of Topliss-reactive ketones (excluding diaryl/α,β-unsaturated/α-hetero) is 1. The van der Waals surface area contributed by atoms with Gasteiger partial charge in [0.25, 0.3) is 0 Å². The van der Waals surface area contributed by atoms with E-state index in [4.69, 9.17) is 4.74 Å². The minimum atomic E-state index is -0.341. The highest BCUT2D eigenvalue weighted by Gasteiger charge is 2.22. The summed E-state index contributed by atoms with van der Waals surface area (Å²) in [5.74, 6) is -0.125. The number of rotatable bonds is 6. The van der Waals surface area contributed by atoms with E-state index in [2.05, 4.69) is 0 Å². The number of esters is 1. The van der Waals surface area contributed by atoms with Gasteiger partial charge in [0, 0.05) is 17.4 Å². The number of hydrogen-bond acceptors (Lipinski definition) is 3. The van der Waals surface area contributed by atoms with Crippen molar-refractivity contribution in [2.24, 2.45) is 5.41 Å². The molecule has 0 radical (unpaired) electrons. The molecular weight excluding hydrogens is 216 g/mol. The van der Waals surface area contributed by atoms with E-state index in [9.17, 15) is 9.59 Å². The predicted octanol–water partition coefficient (Wildman–Crippen LogP) is 3.28. The van der Waals surface area contributed by atoms with Crippen molar-refractivity contribution in [2.75, 3.05) is 6.61 Å². The third-order valence-electron chi connectivity index (χ3n) is 2.45. The first-order valence-electron chi connectivity index (χ1n) is 6.22. The van der Waals surface area contributed by atoms with E-state index in [-0.39, 0.29) is 17.2 Å². The summed E-state index contributed by atoms with van der Waals surface area (Å²) in [7, 11) is 0. The van der Waals surface area contributed by atoms with Gasteiger partial charge in [-0.1, -0.05) is 33.8 Å². The Morgan fingerprint density at radius 3 is 2.12 bits per heavy atom. The Morgan fingerprint density at radius 1 is 1.12 bits per heavy atom.